The fourth-order valence-corrected chi connectivity index (χ4v) is 2.32. The molecule has 0 atom stereocenters. The third-order valence-electron chi connectivity index (χ3n) is 3.24. The molecule has 0 aliphatic rings. The van der Waals surface area contributed by atoms with Gasteiger partial charge in [0.15, 0.2) is 0 Å². The number of benzene rings is 2. The van der Waals surface area contributed by atoms with Crippen LogP contribution in [0.25, 0.3) is 16.8 Å². The van der Waals surface area contributed by atoms with Gasteiger partial charge in [-0.3, -0.25) is 0 Å². The van der Waals surface area contributed by atoms with E-state index in [1.165, 1.54) is 22.3 Å². The standard InChI is InChI=1S/C16H14N3.Pt/c1-12-4-3-5-13(2)16(12)14-6-8-15(9-7-14)19-11-10-17-18-19;/h3-8,10-11H,1-2H3;/q-1;. The molecule has 0 saturated heterocycles. The Morgan fingerprint density at radius 2 is 1.80 bits per heavy atom. The van der Waals surface area contributed by atoms with Gasteiger partial charge >= 0.3 is 0 Å². The summed E-state index contributed by atoms with van der Waals surface area (Å²) in [5.41, 5.74) is 5.92. The van der Waals surface area contributed by atoms with E-state index in [1.54, 1.807) is 10.9 Å². The van der Waals surface area contributed by atoms with E-state index in [4.69, 9.17) is 0 Å². The zero-order valence-electron chi connectivity index (χ0n) is 11.3. The van der Waals surface area contributed by atoms with Gasteiger partial charge in [0.05, 0.1) is 6.20 Å². The van der Waals surface area contributed by atoms with E-state index in [-0.39, 0.29) is 21.1 Å². The van der Waals surface area contributed by atoms with Gasteiger partial charge in [-0.05, 0) is 19.5 Å². The normalized spacial score (nSPS) is 10.1. The van der Waals surface area contributed by atoms with E-state index in [0.29, 0.717) is 0 Å². The molecule has 2 aromatic carbocycles. The fourth-order valence-electron chi connectivity index (χ4n) is 2.32. The summed E-state index contributed by atoms with van der Waals surface area (Å²) in [4.78, 5) is 0. The maximum Gasteiger partial charge on any atom is 0.0696 e. The SMILES string of the molecule is Cc1cccc(C)c1-c1c[c-]c(-n2ccnn2)cc1.[Pt]. The summed E-state index contributed by atoms with van der Waals surface area (Å²) in [5.74, 6) is 0. The first kappa shape index (κ1) is 14.7. The van der Waals surface area contributed by atoms with Crippen molar-refractivity contribution in [1.82, 2.24) is 15.0 Å². The number of hydrogen-bond donors (Lipinski definition) is 0. The summed E-state index contributed by atoms with van der Waals surface area (Å²) in [6.07, 6.45) is 3.47. The van der Waals surface area contributed by atoms with Crippen molar-refractivity contribution in [2.24, 2.45) is 0 Å². The van der Waals surface area contributed by atoms with Crippen molar-refractivity contribution in [2.45, 2.75) is 13.8 Å². The summed E-state index contributed by atoms with van der Waals surface area (Å²) >= 11 is 0. The third-order valence-corrected chi connectivity index (χ3v) is 3.24. The molecule has 3 rings (SSSR count). The Kier molecular flexibility index (Phi) is 4.51. The second kappa shape index (κ2) is 6.15. The molecule has 104 valence electrons. The minimum absolute atomic E-state index is 0. The van der Waals surface area contributed by atoms with Gasteiger partial charge in [-0.1, -0.05) is 40.1 Å². The quantitative estimate of drug-likeness (QED) is 0.569. The van der Waals surface area contributed by atoms with Gasteiger partial charge in [0, 0.05) is 27.3 Å². The zero-order chi connectivity index (χ0) is 13.2. The van der Waals surface area contributed by atoms with Crippen molar-refractivity contribution in [2.75, 3.05) is 0 Å². The molecule has 3 nitrogen and oxygen atoms in total. The number of nitrogens with zero attached hydrogens (tertiary/aromatic N) is 3. The first-order chi connectivity index (χ1) is 9.25. The van der Waals surface area contributed by atoms with Gasteiger partial charge in [-0.25, -0.2) is 4.68 Å². The number of hydrogen-bond acceptors (Lipinski definition) is 2. The average molecular weight is 443 g/mol. The molecular formula is C16H14N3Pt-. The second-order valence-corrected chi connectivity index (χ2v) is 4.58. The van der Waals surface area contributed by atoms with Gasteiger partial charge < -0.3 is 0 Å². The Morgan fingerprint density at radius 3 is 2.35 bits per heavy atom. The van der Waals surface area contributed by atoms with Crippen molar-refractivity contribution in [3.8, 4) is 16.8 Å². The maximum atomic E-state index is 3.96. The zero-order valence-corrected chi connectivity index (χ0v) is 13.5. The Balaban J connectivity index is 0.00000147. The van der Waals surface area contributed by atoms with Crippen molar-refractivity contribution >= 4 is 0 Å². The molecule has 0 amide bonds. The molecule has 0 aliphatic heterocycles. The Hall–Kier alpha value is -1.73. The molecule has 1 heterocycles. The molecule has 0 N–H and O–H groups in total. The third kappa shape index (κ3) is 2.73. The van der Waals surface area contributed by atoms with Crippen molar-refractivity contribution in [3.05, 3.63) is 66.0 Å². The van der Waals surface area contributed by atoms with Crippen molar-refractivity contribution in [1.29, 1.82) is 0 Å². The number of aromatic nitrogens is 3. The first-order valence-electron chi connectivity index (χ1n) is 6.21. The molecule has 4 heteroatoms. The topological polar surface area (TPSA) is 30.7 Å². The Bertz CT molecular complexity index is 668. The van der Waals surface area contributed by atoms with Crippen LogP contribution in [0, 0.1) is 19.9 Å². The molecule has 0 bridgehead atoms. The molecule has 3 aromatic rings. The summed E-state index contributed by atoms with van der Waals surface area (Å²) in [6, 6.07) is 15.7. The van der Waals surface area contributed by atoms with Crippen LogP contribution in [0.3, 0.4) is 0 Å². The molecular weight excluding hydrogens is 429 g/mol. The van der Waals surface area contributed by atoms with Crippen LogP contribution in [0.5, 0.6) is 0 Å². The molecule has 0 saturated carbocycles. The van der Waals surface area contributed by atoms with E-state index in [0.717, 1.165) is 5.69 Å². The van der Waals surface area contributed by atoms with Crippen molar-refractivity contribution < 1.29 is 21.1 Å². The van der Waals surface area contributed by atoms with Crippen LogP contribution < -0.4 is 0 Å². The summed E-state index contributed by atoms with van der Waals surface area (Å²) in [5, 5.41) is 7.76. The molecule has 20 heavy (non-hydrogen) atoms. The molecule has 0 spiro atoms. The van der Waals surface area contributed by atoms with E-state index < -0.39 is 0 Å². The Labute approximate surface area is 132 Å². The largest absolute Gasteiger partial charge is 0.245 e. The second-order valence-electron chi connectivity index (χ2n) is 4.58. The van der Waals surface area contributed by atoms with E-state index in [2.05, 4.69) is 54.5 Å². The molecule has 1 aromatic heterocycles. The van der Waals surface area contributed by atoms with Gasteiger partial charge in [0.25, 0.3) is 0 Å². The van der Waals surface area contributed by atoms with Crippen molar-refractivity contribution in [3.63, 3.8) is 0 Å². The van der Waals surface area contributed by atoms with Crippen LogP contribution in [0.4, 0.5) is 0 Å². The fraction of sp³-hybridized carbons (Fsp3) is 0.125. The van der Waals surface area contributed by atoms with Gasteiger partial charge in [0.2, 0.25) is 0 Å². The van der Waals surface area contributed by atoms with Gasteiger partial charge in [-0.2, -0.15) is 18.2 Å². The first-order valence-corrected chi connectivity index (χ1v) is 6.21. The number of rotatable bonds is 2. The van der Waals surface area contributed by atoms with E-state index in [1.807, 2.05) is 18.3 Å². The summed E-state index contributed by atoms with van der Waals surface area (Å²) in [6.45, 7) is 4.27. The molecule has 0 radical (unpaired) electrons. The smallest absolute Gasteiger partial charge is 0.0696 e. The average Bonchev–Trinajstić information content (AvgIpc) is 2.93. The monoisotopic (exact) mass is 443 g/mol. The van der Waals surface area contributed by atoms with E-state index in [9.17, 15) is 0 Å². The van der Waals surface area contributed by atoms with Crippen LogP contribution in [0.2, 0.25) is 0 Å². The molecule has 0 aliphatic carbocycles. The predicted molar refractivity (Wildman–Crippen MR) is 75.1 cm³/mol. The number of aryl methyl sites for hydroxylation is 2. The van der Waals surface area contributed by atoms with Crippen LogP contribution in [0.1, 0.15) is 11.1 Å². The summed E-state index contributed by atoms with van der Waals surface area (Å²) < 4.78 is 1.70. The maximum absolute atomic E-state index is 3.96. The van der Waals surface area contributed by atoms with Crippen LogP contribution in [-0.4, -0.2) is 15.0 Å². The molecule has 0 unspecified atom stereocenters. The predicted octanol–water partition coefficient (Wildman–Crippen LogP) is 3.35. The van der Waals surface area contributed by atoms with Crippen LogP contribution in [-0.2, 0) is 21.1 Å². The van der Waals surface area contributed by atoms with Gasteiger partial charge in [-0.15, -0.1) is 16.7 Å². The molecule has 0 fully saturated rings. The van der Waals surface area contributed by atoms with Gasteiger partial charge in [0.1, 0.15) is 0 Å². The van der Waals surface area contributed by atoms with Crippen LogP contribution >= 0.6 is 0 Å². The summed E-state index contributed by atoms with van der Waals surface area (Å²) in [7, 11) is 0. The van der Waals surface area contributed by atoms with E-state index >= 15 is 0 Å². The minimum atomic E-state index is 0. The minimum Gasteiger partial charge on any atom is -0.245 e. The Morgan fingerprint density at radius 1 is 1.05 bits per heavy atom. The van der Waals surface area contributed by atoms with Crippen LogP contribution in [0.15, 0.2) is 48.8 Å².